The predicted molar refractivity (Wildman–Crippen MR) is 82.7 cm³/mol. The molecule has 0 spiro atoms. The van der Waals surface area contributed by atoms with Gasteiger partial charge in [-0.2, -0.15) is 0 Å². The molecule has 0 aliphatic carbocycles. The van der Waals surface area contributed by atoms with Gasteiger partial charge in [0.25, 0.3) is 0 Å². The molecule has 114 valence electrons. The van der Waals surface area contributed by atoms with Crippen LogP contribution in [0, 0.1) is 0 Å². The molecule has 0 aliphatic rings. The van der Waals surface area contributed by atoms with Crippen LogP contribution in [0.25, 0.3) is 0 Å². The molecule has 22 heavy (non-hydrogen) atoms. The van der Waals surface area contributed by atoms with E-state index in [1.54, 1.807) is 12.1 Å². The Kier molecular flexibility index (Phi) is 5.68. The molecule has 0 bridgehead atoms. The number of benzene rings is 2. The zero-order valence-corrected chi connectivity index (χ0v) is 12.0. The van der Waals surface area contributed by atoms with E-state index in [4.69, 9.17) is 9.84 Å². The zero-order chi connectivity index (χ0) is 15.8. The molecule has 0 aliphatic heterocycles. The van der Waals surface area contributed by atoms with Crippen molar-refractivity contribution in [3.63, 3.8) is 0 Å². The molecule has 0 fully saturated rings. The molecule has 0 atom stereocenters. The number of carbonyl (C=O) groups excluding carboxylic acids is 1. The van der Waals surface area contributed by atoms with Gasteiger partial charge >= 0.3 is 5.97 Å². The quantitative estimate of drug-likeness (QED) is 0.771. The van der Waals surface area contributed by atoms with Crippen LogP contribution < -0.4 is 5.32 Å². The summed E-state index contributed by atoms with van der Waals surface area (Å²) in [6.45, 7) is 0.766. The monoisotopic (exact) mass is 299 g/mol. The van der Waals surface area contributed by atoms with Gasteiger partial charge in [0.1, 0.15) is 0 Å². The highest BCUT2D eigenvalue weighted by molar-refractivity contribution is 5.93. The summed E-state index contributed by atoms with van der Waals surface area (Å²) in [5.41, 5.74) is 1.66. The maximum absolute atomic E-state index is 11.8. The number of carboxylic acid groups (broad SMARTS) is 1. The second kappa shape index (κ2) is 7.95. The molecule has 1 amide bonds. The third kappa shape index (κ3) is 5.03. The van der Waals surface area contributed by atoms with Crippen molar-refractivity contribution in [2.75, 3.05) is 11.9 Å². The minimum Gasteiger partial charge on any atom is -0.478 e. The molecule has 0 heterocycles. The third-order valence-corrected chi connectivity index (χ3v) is 2.98. The zero-order valence-electron chi connectivity index (χ0n) is 12.0. The number of rotatable bonds is 7. The highest BCUT2D eigenvalue weighted by Crippen LogP contribution is 2.11. The predicted octanol–water partition coefficient (Wildman–Crippen LogP) is 2.93. The van der Waals surface area contributed by atoms with E-state index in [0.29, 0.717) is 18.9 Å². The first-order valence-electron chi connectivity index (χ1n) is 6.90. The normalized spacial score (nSPS) is 10.2. The first-order chi connectivity index (χ1) is 10.6. The summed E-state index contributed by atoms with van der Waals surface area (Å²) >= 11 is 0. The summed E-state index contributed by atoms with van der Waals surface area (Å²) in [5.74, 6) is -1.24. The van der Waals surface area contributed by atoms with Crippen LogP contribution in [-0.2, 0) is 16.1 Å². The third-order valence-electron chi connectivity index (χ3n) is 2.98. The topological polar surface area (TPSA) is 75.6 Å². The lowest BCUT2D eigenvalue weighted by Crippen LogP contribution is -2.14. The Bertz CT molecular complexity index is 640. The number of hydrogen-bond donors (Lipinski definition) is 2. The Morgan fingerprint density at radius 3 is 2.55 bits per heavy atom. The van der Waals surface area contributed by atoms with E-state index >= 15 is 0 Å². The molecule has 0 aromatic heterocycles. The molecule has 5 nitrogen and oxygen atoms in total. The molecule has 5 heteroatoms. The van der Waals surface area contributed by atoms with Crippen LogP contribution in [0.3, 0.4) is 0 Å². The average Bonchev–Trinajstić information content (AvgIpc) is 2.53. The summed E-state index contributed by atoms with van der Waals surface area (Å²) in [5, 5.41) is 11.5. The van der Waals surface area contributed by atoms with E-state index in [0.717, 1.165) is 5.56 Å². The Hall–Kier alpha value is -2.66. The maximum atomic E-state index is 11.8. The number of carbonyl (C=O) groups is 2. The lowest BCUT2D eigenvalue weighted by atomic mass is 10.2. The van der Waals surface area contributed by atoms with E-state index in [2.05, 4.69) is 5.32 Å². The van der Waals surface area contributed by atoms with Crippen molar-refractivity contribution in [2.45, 2.75) is 13.0 Å². The summed E-state index contributed by atoms with van der Waals surface area (Å²) in [7, 11) is 0. The number of ether oxygens (including phenoxy) is 1. The van der Waals surface area contributed by atoms with Gasteiger partial charge in [-0.15, -0.1) is 0 Å². The SMILES string of the molecule is O=C(CCOCc1ccccc1)Nc1cccc(C(=O)O)c1. The second-order valence-corrected chi connectivity index (χ2v) is 4.72. The fourth-order valence-electron chi connectivity index (χ4n) is 1.88. The van der Waals surface area contributed by atoms with E-state index in [9.17, 15) is 9.59 Å². The van der Waals surface area contributed by atoms with Crippen molar-refractivity contribution >= 4 is 17.6 Å². The van der Waals surface area contributed by atoms with Gasteiger partial charge in [0.2, 0.25) is 5.91 Å². The van der Waals surface area contributed by atoms with Crippen LogP contribution in [0.15, 0.2) is 54.6 Å². The van der Waals surface area contributed by atoms with Crippen LogP contribution >= 0.6 is 0 Å². The van der Waals surface area contributed by atoms with Gasteiger partial charge in [-0.1, -0.05) is 36.4 Å². The Labute approximate surface area is 128 Å². The Morgan fingerprint density at radius 1 is 1.05 bits per heavy atom. The van der Waals surface area contributed by atoms with Crippen molar-refractivity contribution in [1.29, 1.82) is 0 Å². The molecule has 2 rings (SSSR count). The van der Waals surface area contributed by atoms with Gasteiger partial charge in [-0.3, -0.25) is 4.79 Å². The Balaban J connectivity index is 1.74. The standard InChI is InChI=1S/C17H17NO4/c19-16(9-10-22-12-13-5-2-1-3-6-13)18-15-8-4-7-14(11-15)17(20)21/h1-8,11H,9-10,12H2,(H,18,19)(H,20,21). The van der Waals surface area contributed by atoms with E-state index in [-0.39, 0.29) is 17.9 Å². The second-order valence-electron chi connectivity index (χ2n) is 4.72. The smallest absolute Gasteiger partial charge is 0.335 e. The first kappa shape index (κ1) is 15.7. The summed E-state index contributed by atoms with van der Waals surface area (Å²) in [6.07, 6.45) is 0.212. The minimum atomic E-state index is -1.03. The first-order valence-corrected chi connectivity index (χ1v) is 6.90. The summed E-state index contributed by atoms with van der Waals surface area (Å²) < 4.78 is 5.44. The molecule has 0 radical (unpaired) electrons. The van der Waals surface area contributed by atoms with Gasteiger partial charge < -0.3 is 15.2 Å². The maximum Gasteiger partial charge on any atom is 0.335 e. The van der Waals surface area contributed by atoms with Gasteiger partial charge in [-0.05, 0) is 23.8 Å². The number of anilines is 1. The molecule has 0 saturated heterocycles. The summed E-state index contributed by atoms with van der Waals surface area (Å²) in [4.78, 5) is 22.6. The summed E-state index contributed by atoms with van der Waals surface area (Å²) in [6, 6.07) is 15.8. The molecule has 2 aromatic carbocycles. The molecular weight excluding hydrogens is 282 g/mol. The van der Waals surface area contributed by atoms with E-state index in [1.165, 1.54) is 12.1 Å². The molecule has 0 saturated carbocycles. The van der Waals surface area contributed by atoms with Crippen molar-refractivity contribution in [2.24, 2.45) is 0 Å². The molecule has 2 aromatic rings. The van der Waals surface area contributed by atoms with E-state index < -0.39 is 5.97 Å². The van der Waals surface area contributed by atoms with E-state index in [1.807, 2.05) is 30.3 Å². The molecular formula is C17H17NO4. The number of aromatic carboxylic acids is 1. The van der Waals surface area contributed by atoms with Crippen molar-refractivity contribution in [1.82, 2.24) is 0 Å². The van der Waals surface area contributed by atoms with Crippen LogP contribution in [0.4, 0.5) is 5.69 Å². The van der Waals surface area contributed by atoms with Gasteiger partial charge in [-0.25, -0.2) is 4.79 Å². The number of amides is 1. The van der Waals surface area contributed by atoms with Crippen LogP contribution in [0.1, 0.15) is 22.3 Å². The average molecular weight is 299 g/mol. The highest BCUT2D eigenvalue weighted by atomic mass is 16.5. The molecule has 0 unspecified atom stereocenters. The van der Waals surface area contributed by atoms with Gasteiger partial charge in [0, 0.05) is 5.69 Å². The van der Waals surface area contributed by atoms with Crippen molar-refractivity contribution in [3.05, 3.63) is 65.7 Å². The number of nitrogens with one attached hydrogen (secondary N) is 1. The number of carboxylic acids is 1. The number of hydrogen-bond acceptors (Lipinski definition) is 3. The lowest BCUT2D eigenvalue weighted by Gasteiger charge is -2.07. The van der Waals surface area contributed by atoms with Crippen molar-refractivity contribution < 1.29 is 19.4 Å². The van der Waals surface area contributed by atoms with Gasteiger partial charge in [0.15, 0.2) is 0 Å². The van der Waals surface area contributed by atoms with Crippen LogP contribution in [0.2, 0.25) is 0 Å². The van der Waals surface area contributed by atoms with Crippen LogP contribution in [-0.4, -0.2) is 23.6 Å². The largest absolute Gasteiger partial charge is 0.478 e. The fourth-order valence-corrected chi connectivity index (χ4v) is 1.88. The Morgan fingerprint density at radius 2 is 1.82 bits per heavy atom. The van der Waals surface area contributed by atoms with Gasteiger partial charge in [0.05, 0.1) is 25.2 Å². The minimum absolute atomic E-state index is 0.137. The van der Waals surface area contributed by atoms with Crippen molar-refractivity contribution in [3.8, 4) is 0 Å². The highest BCUT2D eigenvalue weighted by Gasteiger charge is 2.06. The fraction of sp³-hybridized carbons (Fsp3) is 0.176. The lowest BCUT2D eigenvalue weighted by molar-refractivity contribution is -0.117. The van der Waals surface area contributed by atoms with Crippen LogP contribution in [0.5, 0.6) is 0 Å². The molecule has 2 N–H and O–H groups in total.